The van der Waals surface area contributed by atoms with E-state index in [1.54, 1.807) is 4.90 Å². The first-order valence-corrected chi connectivity index (χ1v) is 18.9. The molecule has 0 aromatic heterocycles. The summed E-state index contributed by atoms with van der Waals surface area (Å²) < 4.78 is 11.0. The van der Waals surface area contributed by atoms with E-state index in [1.807, 2.05) is 20.8 Å². The number of hydrogen-bond donors (Lipinski definition) is 2. The summed E-state index contributed by atoms with van der Waals surface area (Å²) in [4.78, 5) is 42.2. The minimum absolute atomic E-state index is 0.00191. The number of nitrogens with zero attached hydrogens (tertiary/aromatic N) is 4. The van der Waals surface area contributed by atoms with Gasteiger partial charge in [0.2, 0.25) is 11.8 Å². The van der Waals surface area contributed by atoms with E-state index in [-0.39, 0.29) is 38.0 Å². The van der Waals surface area contributed by atoms with Gasteiger partial charge in [0.15, 0.2) is 0 Å². The van der Waals surface area contributed by atoms with Gasteiger partial charge in [0.05, 0.1) is 13.3 Å². The van der Waals surface area contributed by atoms with Crippen molar-refractivity contribution in [3.05, 3.63) is 22.1 Å². The lowest BCUT2D eigenvalue weighted by Crippen LogP contribution is -2.54. The molecule has 8 atom stereocenters. The zero-order chi connectivity index (χ0) is 36.0. The first kappa shape index (κ1) is 39.0. The van der Waals surface area contributed by atoms with Crippen LogP contribution in [0.1, 0.15) is 126 Å². The molecule has 0 aliphatic heterocycles. The second-order valence-electron chi connectivity index (χ2n) is 17.4. The Morgan fingerprint density at radius 2 is 1.73 bits per heavy atom. The Hall–Kier alpha value is -2.78. The number of carbonyl (C=O) groups excluding carboxylic acids is 3. The summed E-state index contributed by atoms with van der Waals surface area (Å²) in [7, 11) is 0. The van der Waals surface area contributed by atoms with Crippen molar-refractivity contribution in [3.63, 3.8) is 0 Å². The third kappa shape index (κ3) is 9.52. The Labute approximate surface area is 294 Å². The van der Waals surface area contributed by atoms with Crippen LogP contribution in [0, 0.1) is 46.3 Å². The van der Waals surface area contributed by atoms with Crippen molar-refractivity contribution in [3.8, 4) is 0 Å². The number of ether oxygens (including phenoxy) is 2. The largest absolute Gasteiger partial charge is 0.444 e. The molecule has 2 N–H and O–H groups in total. The van der Waals surface area contributed by atoms with E-state index in [0.29, 0.717) is 11.3 Å². The number of allylic oxidation sites excluding steroid dienone is 1. The van der Waals surface area contributed by atoms with Crippen LogP contribution < -0.4 is 10.6 Å². The van der Waals surface area contributed by atoms with Crippen LogP contribution in [-0.2, 0) is 19.1 Å². The summed E-state index contributed by atoms with van der Waals surface area (Å²) in [5, 5.41) is 8.41. The first-order chi connectivity index (χ1) is 23.1. The lowest BCUT2D eigenvalue weighted by Gasteiger charge is -2.59. The van der Waals surface area contributed by atoms with Gasteiger partial charge in [-0.2, -0.15) is 0 Å². The fourth-order valence-electron chi connectivity index (χ4n) is 10.3. The van der Waals surface area contributed by atoms with Gasteiger partial charge < -0.3 is 20.1 Å². The highest BCUT2D eigenvalue weighted by Gasteiger charge is 2.59. The van der Waals surface area contributed by atoms with Crippen molar-refractivity contribution in [2.24, 2.45) is 51.5 Å². The topological polar surface area (TPSA) is 146 Å². The summed E-state index contributed by atoms with van der Waals surface area (Å²) in [5.41, 5.74) is 9.70. The van der Waals surface area contributed by atoms with Crippen LogP contribution in [0.5, 0.6) is 0 Å². The summed E-state index contributed by atoms with van der Waals surface area (Å²) in [6.45, 7) is 17.0. The lowest BCUT2D eigenvalue weighted by molar-refractivity contribution is -0.131. The summed E-state index contributed by atoms with van der Waals surface area (Å²) in [6.07, 6.45) is 15.3. The van der Waals surface area contributed by atoms with Crippen molar-refractivity contribution in [1.82, 2.24) is 15.5 Å². The van der Waals surface area contributed by atoms with E-state index in [2.05, 4.69) is 61.4 Å². The normalized spacial score (nSPS) is 31.3. The minimum atomic E-state index is -0.675. The van der Waals surface area contributed by atoms with Gasteiger partial charge in [0, 0.05) is 11.0 Å². The molecule has 49 heavy (non-hydrogen) atoms. The van der Waals surface area contributed by atoms with Crippen LogP contribution in [0.15, 0.2) is 16.8 Å². The maximum Gasteiger partial charge on any atom is 0.411 e. The molecule has 0 heterocycles. The van der Waals surface area contributed by atoms with Gasteiger partial charge in [0.25, 0.3) is 0 Å². The molecule has 0 saturated heterocycles. The van der Waals surface area contributed by atoms with E-state index < -0.39 is 23.5 Å². The average Bonchev–Trinajstić information content (AvgIpc) is 3.37. The van der Waals surface area contributed by atoms with Gasteiger partial charge >= 0.3 is 6.09 Å². The molecular formula is C38H64N6O5. The number of amides is 3. The molecule has 4 rings (SSSR count). The van der Waals surface area contributed by atoms with Crippen molar-refractivity contribution in [1.29, 1.82) is 0 Å². The standard InChI is InChI=1S/C38H64N6O5/c1-25(2)10-9-11-26(3)30-14-15-31-29-13-12-27-20-28(16-18-37(27,7)32(29)17-19-38(30,31)8)44(35(47)49-36(4,5)6)24-41-34(46)22-48-21-33(45)40-23-42-43-39/h12,25-26,28-32H,9-11,13-24H2,1-8H3,(H,40,45)(H,41,46)/t26?,28-,29?,30+,31?,32?,37-,38+/m0/s1. The molecule has 4 unspecified atom stereocenters. The lowest BCUT2D eigenvalue weighted by atomic mass is 9.47. The van der Waals surface area contributed by atoms with Crippen LogP contribution in [0.4, 0.5) is 4.79 Å². The Bertz CT molecular complexity index is 1260. The molecule has 3 saturated carbocycles. The maximum absolute atomic E-state index is 13.5. The second kappa shape index (κ2) is 16.5. The molecule has 4 aliphatic rings. The van der Waals surface area contributed by atoms with Crippen molar-refractivity contribution >= 4 is 17.9 Å². The highest BCUT2D eigenvalue weighted by atomic mass is 16.6. The predicted molar refractivity (Wildman–Crippen MR) is 191 cm³/mol. The van der Waals surface area contributed by atoms with Crippen molar-refractivity contribution < 1.29 is 23.9 Å². The molecule has 11 heteroatoms. The zero-order valence-corrected chi connectivity index (χ0v) is 31.6. The second-order valence-corrected chi connectivity index (χ2v) is 17.4. The highest BCUT2D eigenvalue weighted by molar-refractivity contribution is 5.79. The predicted octanol–water partition coefficient (Wildman–Crippen LogP) is 8.11. The van der Waals surface area contributed by atoms with Crippen LogP contribution in [0.25, 0.3) is 10.4 Å². The molecule has 0 aromatic carbocycles. The van der Waals surface area contributed by atoms with Gasteiger partial charge in [-0.1, -0.05) is 70.6 Å². The number of hydrogen-bond acceptors (Lipinski definition) is 6. The summed E-state index contributed by atoms with van der Waals surface area (Å²) >= 11 is 0. The molecule has 3 amide bonds. The van der Waals surface area contributed by atoms with E-state index in [0.717, 1.165) is 55.3 Å². The maximum atomic E-state index is 13.5. The van der Waals surface area contributed by atoms with Crippen LogP contribution in [0.2, 0.25) is 0 Å². The summed E-state index contributed by atoms with van der Waals surface area (Å²) in [5.74, 6) is 3.70. The smallest absolute Gasteiger partial charge is 0.411 e. The molecule has 0 aromatic rings. The Morgan fingerprint density at radius 3 is 2.41 bits per heavy atom. The Kier molecular flexibility index (Phi) is 13.1. The quantitative estimate of drug-likeness (QED) is 0.0624. The van der Waals surface area contributed by atoms with E-state index in [4.69, 9.17) is 15.0 Å². The van der Waals surface area contributed by atoms with Crippen LogP contribution >= 0.6 is 0 Å². The van der Waals surface area contributed by atoms with Crippen molar-refractivity contribution in [2.45, 2.75) is 138 Å². The zero-order valence-electron chi connectivity index (χ0n) is 31.6. The van der Waals surface area contributed by atoms with Crippen LogP contribution in [-0.4, -0.2) is 61.0 Å². The van der Waals surface area contributed by atoms with E-state index >= 15 is 0 Å². The van der Waals surface area contributed by atoms with Crippen LogP contribution in [0.3, 0.4) is 0 Å². The molecule has 0 spiro atoms. The van der Waals surface area contributed by atoms with Crippen molar-refractivity contribution in [2.75, 3.05) is 26.6 Å². The number of nitrogens with one attached hydrogen (secondary N) is 2. The fourth-order valence-corrected chi connectivity index (χ4v) is 10.3. The number of rotatable bonds is 14. The molecule has 0 bridgehead atoms. The summed E-state index contributed by atoms with van der Waals surface area (Å²) in [6, 6.07) is -0.0881. The molecule has 3 fully saturated rings. The Balaban J connectivity index is 1.40. The molecule has 0 radical (unpaired) electrons. The third-order valence-electron chi connectivity index (χ3n) is 12.7. The SMILES string of the molecule is CC(C)CCCC(C)[C@H]1CCC2C3CC=C4C[C@@H](N(CNC(=O)COCC(=O)NCN=[N+]=[N-])C(=O)OC(C)(C)C)CC[C@]4(C)C3CC[C@@]21C. The molecule has 11 nitrogen and oxygen atoms in total. The number of carbonyl (C=O) groups is 3. The van der Waals surface area contributed by atoms with Gasteiger partial charge in [-0.05, 0) is 124 Å². The van der Waals surface area contributed by atoms with Gasteiger partial charge in [-0.25, -0.2) is 4.79 Å². The first-order valence-electron chi connectivity index (χ1n) is 18.9. The van der Waals surface area contributed by atoms with Gasteiger partial charge in [-0.15, -0.1) is 0 Å². The minimum Gasteiger partial charge on any atom is -0.444 e. The Morgan fingerprint density at radius 1 is 1.02 bits per heavy atom. The molecule has 4 aliphatic carbocycles. The third-order valence-corrected chi connectivity index (χ3v) is 12.7. The van der Waals surface area contributed by atoms with Gasteiger partial charge in [-0.3, -0.25) is 14.5 Å². The average molecular weight is 685 g/mol. The number of fused-ring (bicyclic) bond motifs is 5. The fraction of sp³-hybridized carbons (Fsp3) is 0.868. The number of azide groups is 1. The van der Waals surface area contributed by atoms with Gasteiger partial charge in [0.1, 0.15) is 18.8 Å². The van der Waals surface area contributed by atoms with E-state index in [1.165, 1.54) is 50.5 Å². The molecular weight excluding hydrogens is 620 g/mol. The monoisotopic (exact) mass is 684 g/mol. The highest BCUT2D eigenvalue weighted by Crippen LogP contribution is 2.67. The van der Waals surface area contributed by atoms with E-state index in [9.17, 15) is 14.4 Å². The molecule has 276 valence electrons.